The Morgan fingerprint density at radius 2 is 2.31 bits per heavy atom. The highest BCUT2D eigenvalue weighted by atomic mass is 15.5. The Kier molecular flexibility index (Phi) is 2.26. The molecule has 2 N–H and O–H groups in total. The van der Waals surface area contributed by atoms with Crippen molar-refractivity contribution in [1.29, 1.82) is 0 Å². The lowest BCUT2D eigenvalue weighted by Gasteiger charge is -2.13. The molecule has 5 heteroatoms. The molecule has 0 aromatic carbocycles. The van der Waals surface area contributed by atoms with Crippen LogP contribution in [-0.4, -0.2) is 33.2 Å². The molecule has 0 radical (unpaired) electrons. The summed E-state index contributed by atoms with van der Waals surface area (Å²) in [5, 5.41) is 17.5. The van der Waals surface area contributed by atoms with Crippen LogP contribution < -0.4 is 5.32 Å². The fourth-order valence-electron chi connectivity index (χ4n) is 1.81. The van der Waals surface area contributed by atoms with Crippen LogP contribution in [0.1, 0.15) is 32.0 Å². The smallest absolute Gasteiger partial charge is 0.178 e. The van der Waals surface area contributed by atoms with Gasteiger partial charge in [0.2, 0.25) is 0 Å². The minimum atomic E-state index is 0.436. The van der Waals surface area contributed by atoms with Gasteiger partial charge in [-0.2, -0.15) is 5.21 Å². The van der Waals surface area contributed by atoms with Crippen molar-refractivity contribution in [2.24, 2.45) is 5.92 Å². The van der Waals surface area contributed by atoms with E-state index in [4.69, 9.17) is 0 Å². The molecule has 0 amide bonds. The van der Waals surface area contributed by atoms with Gasteiger partial charge in [0.05, 0.1) is 0 Å². The van der Waals surface area contributed by atoms with Gasteiger partial charge in [0, 0.05) is 18.5 Å². The highest BCUT2D eigenvalue weighted by Gasteiger charge is 2.29. The summed E-state index contributed by atoms with van der Waals surface area (Å²) in [6.45, 7) is 5.44. The van der Waals surface area contributed by atoms with Crippen LogP contribution in [0.4, 0.5) is 0 Å². The quantitative estimate of drug-likeness (QED) is 0.688. The van der Waals surface area contributed by atoms with Gasteiger partial charge < -0.3 is 5.32 Å². The normalized spacial score (nSPS) is 28.5. The standard InChI is InChI=1S/C8H15N5/c1-5(2)7-3-6(4-9-7)8-10-12-13-11-8/h5-7,9H,3-4H2,1-2H3,(H,10,11,12,13). The third-order valence-electron chi connectivity index (χ3n) is 2.70. The Bertz CT molecular complexity index is 256. The first-order valence-electron chi connectivity index (χ1n) is 4.74. The Hall–Kier alpha value is -0.970. The van der Waals surface area contributed by atoms with Gasteiger partial charge in [0.15, 0.2) is 5.82 Å². The first-order chi connectivity index (χ1) is 6.27. The van der Waals surface area contributed by atoms with Crippen molar-refractivity contribution in [3.8, 4) is 0 Å². The Morgan fingerprint density at radius 3 is 2.85 bits per heavy atom. The molecule has 0 aliphatic carbocycles. The van der Waals surface area contributed by atoms with E-state index in [1.807, 2.05) is 0 Å². The summed E-state index contributed by atoms with van der Waals surface area (Å²) in [5.74, 6) is 1.96. The number of rotatable bonds is 2. The molecule has 2 heterocycles. The summed E-state index contributed by atoms with van der Waals surface area (Å²) < 4.78 is 0. The van der Waals surface area contributed by atoms with Crippen molar-refractivity contribution in [2.45, 2.75) is 32.2 Å². The monoisotopic (exact) mass is 181 g/mol. The average molecular weight is 181 g/mol. The third kappa shape index (κ3) is 1.70. The molecule has 0 saturated carbocycles. The molecular weight excluding hydrogens is 166 g/mol. The molecule has 0 bridgehead atoms. The van der Waals surface area contributed by atoms with Crippen molar-refractivity contribution < 1.29 is 0 Å². The second kappa shape index (κ2) is 3.41. The zero-order chi connectivity index (χ0) is 9.26. The number of H-pyrrole nitrogens is 1. The summed E-state index contributed by atoms with van der Waals surface area (Å²) in [4.78, 5) is 0. The van der Waals surface area contributed by atoms with Crippen LogP contribution in [0.2, 0.25) is 0 Å². The fourth-order valence-corrected chi connectivity index (χ4v) is 1.81. The van der Waals surface area contributed by atoms with Crippen LogP contribution in [0.25, 0.3) is 0 Å². The predicted molar refractivity (Wildman–Crippen MR) is 48.2 cm³/mol. The van der Waals surface area contributed by atoms with Gasteiger partial charge in [-0.25, -0.2) is 0 Å². The highest BCUT2D eigenvalue weighted by molar-refractivity contribution is 5.00. The first kappa shape index (κ1) is 8.62. The fraction of sp³-hybridized carbons (Fsp3) is 0.875. The van der Waals surface area contributed by atoms with Crippen molar-refractivity contribution in [3.05, 3.63) is 5.82 Å². The molecule has 5 nitrogen and oxygen atoms in total. The molecule has 1 aliphatic rings. The van der Waals surface area contributed by atoms with E-state index in [-0.39, 0.29) is 0 Å². The number of nitrogens with zero attached hydrogens (tertiary/aromatic N) is 3. The molecule has 1 aliphatic heterocycles. The maximum absolute atomic E-state index is 4.00. The molecular formula is C8H15N5. The van der Waals surface area contributed by atoms with Crippen molar-refractivity contribution >= 4 is 0 Å². The van der Waals surface area contributed by atoms with Crippen molar-refractivity contribution in [3.63, 3.8) is 0 Å². The van der Waals surface area contributed by atoms with E-state index in [1.165, 1.54) is 0 Å². The van der Waals surface area contributed by atoms with Crippen molar-refractivity contribution in [1.82, 2.24) is 25.9 Å². The van der Waals surface area contributed by atoms with Crippen LogP contribution in [0.15, 0.2) is 0 Å². The summed E-state index contributed by atoms with van der Waals surface area (Å²) in [6.07, 6.45) is 1.12. The Morgan fingerprint density at radius 1 is 1.46 bits per heavy atom. The maximum Gasteiger partial charge on any atom is 0.178 e. The lowest BCUT2D eigenvalue weighted by molar-refractivity contribution is 0.448. The molecule has 2 rings (SSSR count). The number of hydrogen-bond donors (Lipinski definition) is 2. The van der Waals surface area contributed by atoms with E-state index in [0.717, 1.165) is 18.8 Å². The SMILES string of the molecule is CC(C)C1CC(c2nn[nH]n2)CN1. The van der Waals surface area contributed by atoms with E-state index in [0.29, 0.717) is 17.9 Å². The van der Waals surface area contributed by atoms with Crippen LogP contribution in [0.3, 0.4) is 0 Å². The third-order valence-corrected chi connectivity index (χ3v) is 2.70. The van der Waals surface area contributed by atoms with E-state index < -0.39 is 0 Å². The van der Waals surface area contributed by atoms with Gasteiger partial charge >= 0.3 is 0 Å². The van der Waals surface area contributed by atoms with Gasteiger partial charge in [-0.3, -0.25) is 0 Å². The van der Waals surface area contributed by atoms with Gasteiger partial charge in [-0.15, -0.1) is 10.2 Å². The van der Waals surface area contributed by atoms with Crippen molar-refractivity contribution in [2.75, 3.05) is 6.54 Å². The summed E-state index contributed by atoms with van der Waals surface area (Å²) in [6, 6.07) is 0.600. The summed E-state index contributed by atoms with van der Waals surface area (Å²) >= 11 is 0. The average Bonchev–Trinajstić information content (AvgIpc) is 2.75. The number of nitrogens with one attached hydrogen (secondary N) is 2. The molecule has 72 valence electrons. The minimum Gasteiger partial charge on any atom is -0.313 e. The number of aromatic nitrogens is 4. The van der Waals surface area contributed by atoms with Gasteiger partial charge in [-0.1, -0.05) is 19.1 Å². The van der Waals surface area contributed by atoms with Crippen LogP contribution in [-0.2, 0) is 0 Å². The molecule has 1 fully saturated rings. The second-order valence-corrected chi connectivity index (χ2v) is 3.96. The van der Waals surface area contributed by atoms with Gasteiger partial charge in [-0.05, 0) is 12.3 Å². The molecule has 2 unspecified atom stereocenters. The predicted octanol–water partition coefficient (Wildman–Crippen LogP) is 0.301. The highest BCUT2D eigenvalue weighted by Crippen LogP contribution is 2.25. The maximum atomic E-state index is 4.00. The molecule has 1 aromatic rings. The number of tetrazole rings is 1. The molecule has 0 spiro atoms. The Balaban J connectivity index is 1.99. The van der Waals surface area contributed by atoms with E-state index in [1.54, 1.807) is 0 Å². The van der Waals surface area contributed by atoms with Crippen LogP contribution in [0.5, 0.6) is 0 Å². The second-order valence-electron chi connectivity index (χ2n) is 3.96. The number of aromatic amines is 1. The molecule has 13 heavy (non-hydrogen) atoms. The number of hydrogen-bond acceptors (Lipinski definition) is 4. The molecule has 2 atom stereocenters. The Labute approximate surface area is 77.3 Å². The minimum absolute atomic E-state index is 0.436. The van der Waals surface area contributed by atoms with E-state index in [2.05, 4.69) is 39.8 Å². The van der Waals surface area contributed by atoms with Crippen LogP contribution in [0, 0.1) is 5.92 Å². The largest absolute Gasteiger partial charge is 0.313 e. The van der Waals surface area contributed by atoms with Gasteiger partial charge in [0.25, 0.3) is 0 Å². The first-order valence-corrected chi connectivity index (χ1v) is 4.74. The summed E-state index contributed by atoms with van der Waals surface area (Å²) in [7, 11) is 0. The lowest BCUT2D eigenvalue weighted by Crippen LogP contribution is -2.26. The summed E-state index contributed by atoms with van der Waals surface area (Å²) in [5.41, 5.74) is 0. The molecule has 1 aromatic heterocycles. The van der Waals surface area contributed by atoms with Gasteiger partial charge in [0.1, 0.15) is 0 Å². The topological polar surface area (TPSA) is 66.5 Å². The zero-order valence-electron chi connectivity index (χ0n) is 7.99. The van der Waals surface area contributed by atoms with E-state index in [9.17, 15) is 0 Å². The van der Waals surface area contributed by atoms with E-state index >= 15 is 0 Å². The zero-order valence-corrected chi connectivity index (χ0v) is 7.99. The molecule has 1 saturated heterocycles. The lowest BCUT2D eigenvalue weighted by atomic mass is 9.98. The van der Waals surface area contributed by atoms with Crippen LogP contribution >= 0.6 is 0 Å².